The maximum Gasteiger partial charge on any atom is 0.338 e. The molecule has 0 spiro atoms. The SMILES string of the molecule is O=C(O)c1cccc([N+](=O)[O-])c1NCC1CC2CCC1C2. The van der Waals surface area contributed by atoms with Gasteiger partial charge in [-0.3, -0.25) is 10.1 Å². The molecule has 0 amide bonds. The topological polar surface area (TPSA) is 92.5 Å². The highest BCUT2D eigenvalue weighted by molar-refractivity contribution is 5.96. The summed E-state index contributed by atoms with van der Waals surface area (Å²) in [6, 6.07) is 4.15. The van der Waals surface area contributed by atoms with Gasteiger partial charge >= 0.3 is 5.97 Å². The van der Waals surface area contributed by atoms with Crippen molar-refractivity contribution in [1.82, 2.24) is 0 Å². The molecule has 2 aliphatic carbocycles. The largest absolute Gasteiger partial charge is 0.478 e. The summed E-state index contributed by atoms with van der Waals surface area (Å²) in [5.41, 5.74) is -0.0665. The molecule has 3 unspecified atom stereocenters. The number of nitro groups is 1. The van der Waals surface area contributed by atoms with Gasteiger partial charge in [-0.15, -0.1) is 0 Å². The number of nitro benzene ring substituents is 1. The van der Waals surface area contributed by atoms with Gasteiger partial charge in [0.05, 0.1) is 10.5 Å². The molecule has 2 N–H and O–H groups in total. The van der Waals surface area contributed by atoms with Gasteiger partial charge in [-0.1, -0.05) is 12.5 Å². The van der Waals surface area contributed by atoms with Crippen LogP contribution in [0.15, 0.2) is 18.2 Å². The van der Waals surface area contributed by atoms with Crippen molar-refractivity contribution in [2.45, 2.75) is 25.7 Å². The normalized spacial score (nSPS) is 26.8. The predicted octanol–water partition coefficient (Wildman–Crippen LogP) is 3.14. The van der Waals surface area contributed by atoms with Crippen LogP contribution in [0.4, 0.5) is 11.4 Å². The van der Waals surface area contributed by atoms with Gasteiger partial charge in [-0.25, -0.2) is 4.79 Å². The molecule has 2 aliphatic rings. The number of benzene rings is 1. The number of hydrogen-bond donors (Lipinski definition) is 2. The van der Waals surface area contributed by atoms with Gasteiger partial charge in [0.25, 0.3) is 5.69 Å². The minimum Gasteiger partial charge on any atom is -0.478 e. The van der Waals surface area contributed by atoms with E-state index in [-0.39, 0.29) is 16.9 Å². The summed E-state index contributed by atoms with van der Waals surface area (Å²) in [6.45, 7) is 0.617. The first-order valence-electron chi connectivity index (χ1n) is 7.31. The summed E-state index contributed by atoms with van der Waals surface area (Å²) in [4.78, 5) is 21.8. The van der Waals surface area contributed by atoms with Crippen molar-refractivity contribution in [1.29, 1.82) is 0 Å². The molecule has 1 aromatic rings. The summed E-state index contributed by atoms with van der Waals surface area (Å²) in [6.07, 6.45) is 4.95. The van der Waals surface area contributed by atoms with Crippen LogP contribution in [-0.2, 0) is 0 Å². The zero-order valence-corrected chi connectivity index (χ0v) is 11.6. The molecule has 0 radical (unpaired) electrons. The number of rotatable bonds is 5. The molecule has 3 atom stereocenters. The van der Waals surface area contributed by atoms with Crippen LogP contribution in [0.25, 0.3) is 0 Å². The van der Waals surface area contributed by atoms with E-state index >= 15 is 0 Å². The van der Waals surface area contributed by atoms with E-state index in [2.05, 4.69) is 5.32 Å². The van der Waals surface area contributed by atoms with Crippen molar-refractivity contribution >= 4 is 17.3 Å². The Balaban J connectivity index is 1.80. The molecule has 6 nitrogen and oxygen atoms in total. The standard InChI is InChI=1S/C15H18N2O4/c18-15(19)12-2-1-3-13(17(20)21)14(12)16-8-11-7-9-4-5-10(11)6-9/h1-3,9-11,16H,4-8H2,(H,18,19). The van der Waals surface area contributed by atoms with Gasteiger partial charge in [0.15, 0.2) is 0 Å². The van der Waals surface area contributed by atoms with Gasteiger partial charge in [0.1, 0.15) is 5.69 Å². The van der Waals surface area contributed by atoms with Crippen LogP contribution < -0.4 is 5.32 Å². The molecule has 0 heterocycles. The van der Waals surface area contributed by atoms with Gasteiger partial charge in [-0.2, -0.15) is 0 Å². The number of nitrogens with zero attached hydrogens (tertiary/aromatic N) is 1. The minimum atomic E-state index is -1.14. The number of para-hydroxylation sites is 1. The van der Waals surface area contributed by atoms with Crippen LogP contribution in [0.5, 0.6) is 0 Å². The molecule has 112 valence electrons. The van der Waals surface area contributed by atoms with E-state index in [0.29, 0.717) is 18.4 Å². The molecule has 2 fully saturated rings. The smallest absolute Gasteiger partial charge is 0.338 e. The van der Waals surface area contributed by atoms with E-state index in [1.54, 1.807) is 0 Å². The van der Waals surface area contributed by atoms with Crippen molar-refractivity contribution in [3.8, 4) is 0 Å². The zero-order valence-electron chi connectivity index (χ0n) is 11.6. The molecule has 21 heavy (non-hydrogen) atoms. The van der Waals surface area contributed by atoms with Crippen LogP contribution in [0, 0.1) is 27.9 Å². The van der Waals surface area contributed by atoms with Gasteiger partial charge in [-0.05, 0) is 43.1 Å². The lowest BCUT2D eigenvalue weighted by Gasteiger charge is -2.22. The number of carboxylic acid groups (broad SMARTS) is 1. The second-order valence-corrected chi connectivity index (χ2v) is 6.08. The molecular formula is C15H18N2O4. The maximum atomic E-state index is 11.3. The molecular weight excluding hydrogens is 272 g/mol. The molecule has 2 bridgehead atoms. The second-order valence-electron chi connectivity index (χ2n) is 6.08. The Morgan fingerprint density at radius 2 is 2.19 bits per heavy atom. The molecule has 0 aliphatic heterocycles. The molecule has 0 saturated heterocycles. The van der Waals surface area contributed by atoms with Gasteiger partial charge < -0.3 is 10.4 Å². The number of anilines is 1. The lowest BCUT2D eigenvalue weighted by atomic mass is 9.89. The van der Waals surface area contributed by atoms with E-state index in [0.717, 1.165) is 12.3 Å². The average molecular weight is 290 g/mol. The fourth-order valence-electron chi connectivity index (χ4n) is 3.92. The molecule has 2 saturated carbocycles. The predicted molar refractivity (Wildman–Crippen MR) is 77.5 cm³/mol. The first-order chi connectivity index (χ1) is 10.1. The minimum absolute atomic E-state index is 0.0349. The van der Waals surface area contributed by atoms with Gasteiger partial charge in [0.2, 0.25) is 0 Å². The number of aromatic carboxylic acids is 1. The highest BCUT2D eigenvalue weighted by Gasteiger charge is 2.39. The van der Waals surface area contributed by atoms with Crippen molar-refractivity contribution in [3.63, 3.8) is 0 Å². The van der Waals surface area contributed by atoms with Crippen LogP contribution in [-0.4, -0.2) is 22.5 Å². The first-order valence-corrected chi connectivity index (χ1v) is 7.31. The van der Waals surface area contributed by atoms with Crippen LogP contribution >= 0.6 is 0 Å². The zero-order chi connectivity index (χ0) is 15.0. The Labute approximate surface area is 122 Å². The van der Waals surface area contributed by atoms with Crippen LogP contribution in [0.1, 0.15) is 36.0 Å². The molecule has 3 rings (SSSR count). The quantitative estimate of drug-likeness (QED) is 0.642. The monoisotopic (exact) mass is 290 g/mol. The van der Waals surface area contributed by atoms with E-state index in [1.807, 2.05) is 0 Å². The van der Waals surface area contributed by atoms with E-state index in [9.17, 15) is 20.0 Å². The molecule has 6 heteroatoms. The molecule has 0 aromatic heterocycles. The van der Waals surface area contributed by atoms with E-state index in [1.165, 1.54) is 37.5 Å². The fraction of sp³-hybridized carbons (Fsp3) is 0.533. The Kier molecular flexibility index (Phi) is 3.53. The third-order valence-electron chi connectivity index (χ3n) is 4.90. The number of fused-ring (bicyclic) bond motifs is 2. The van der Waals surface area contributed by atoms with Crippen molar-refractivity contribution in [2.75, 3.05) is 11.9 Å². The van der Waals surface area contributed by atoms with E-state index < -0.39 is 10.9 Å². The van der Waals surface area contributed by atoms with E-state index in [4.69, 9.17) is 0 Å². The number of nitrogens with one attached hydrogen (secondary N) is 1. The van der Waals surface area contributed by atoms with Crippen LogP contribution in [0.2, 0.25) is 0 Å². The van der Waals surface area contributed by atoms with Crippen molar-refractivity contribution in [2.24, 2.45) is 17.8 Å². The van der Waals surface area contributed by atoms with Crippen molar-refractivity contribution < 1.29 is 14.8 Å². The second kappa shape index (κ2) is 5.35. The summed E-state index contributed by atoms with van der Waals surface area (Å²) in [7, 11) is 0. The summed E-state index contributed by atoms with van der Waals surface area (Å²) in [5.74, 6) is 0.851. The lowest BCUT2D eigenvalue weighted by molar-refractivity contribution is -0.384. The first kappa shape index (κ1) is 13.9. The summed E-state index contributed by atoms with van der Waals surface area (Å²) in [5, 5.41) is 23.3. The molecule has 1 aromatic carbocycles. The summed E-state index contributed by atoms with van der Waals surface area (Å²) >= 11 is 0. The summed E-state index contributed by atoms with van der Waals surface area (Å²) < 4.78 is 0. The average Bonchev–Trinajstić information content (AvgIpc) is 3.06. The highest BCUT2D eigenvalue weighted by atomic mass is 16.6. The maximum absolute atomic E-state index is 11.3. The number of carboxylic acids is 1. The Morgan fingerprint density at radius 1 is 1.38 bits per heavy atom. The number of carbonyl (C=O) groups is 1. The Hall–Kier alpha value is -2.11. The number of hydrogen-bond acceptors (Lipinski definition) is 4. The third kappa shape index (κ3) is 2.57. The highest BCUT2D eigenvalue weighted by Crippen LogP contribution is 2.48. The lowest BCUT2D eigenvalue weighted by Crippen LogP contribution is -2.21. The van der Waals surface area contributed by atoms with Gasteiger partial charge in [0, 0.05) is 12.6 Å². The Morgan fingerprint density at radius 3 is 2.76 bits per heavy atom. The van der Waals surface area contributed by atoms with Crippen LogP contribution in [0.3, 0.4) is 0 Å². The fourth-order valence-corrected chi connectivity index (χ4v) is 3.92. The Bertz CT molecular complexity index is 555. The van der Waals surface area contributed by atoms with Crippen molar-refractivity contribution in [3.05, 3.63) is 33.9 Å². The third-order valence-corrected chi connectivity index (χ3v) is 4.90.